The highest BCUT2D eigenvalue weighted by atomic mass is 35.5. The van der Waals surface area contributed by atoms with E-state index >= 15 is 0 Å². The number of aryl methyl sites for hydroxylation is 1. The number of carboxylic acid groups (broad SMARTS) is 1. The minimum Gasteiger partial charge on any atom is -0.480 e. The molecule has 2 aromatic heterocycles. The van der Waals surface area contributed by atoms with Gasteiger partial charge in [0, 0.05) is 35.7 Å². The van der Waals surface area contributed by atoms with E-state index in [1.54, 1.807) is 48.8 Å². The van der Waals surface area contributed by atoms with Crippen molar-refractivity contribution in [2.24, 2.45) is 5.92 Å². The molecule has 9 nitrogen and oxygen atoms in total. The van der Waals surface area contributed by atoms with Crippen molar-refractivity contribution in [1.29, 1.82) is 0 Å². The van der Waals surface area contributed by atoms with Crippen LogP contribution in [0, 0.1) is 12.8 Å². The number of hydrogen-bond donors (Lipinski definition) is 1. The molecule has 0 aliphatic rings. The lowest BCUT2D eigenvalue weighted by atomic mass is 9.99. The second kappa shape index (κ2) is 18.9. The molecular weight excluding hydrogens is 631 g/mol. The molecule has 4 rings (SSSR count). The fourth-order valence-corrected chi connectivity index (χ4v) is 5.19. The number of halogens is 2. The van der Waals surface area contributed by atoms with Crippen LogP contribution in [0.25, 0.3) is 21.8 Å². The SMILES string of the molecule is C=CCOCCCCOC(=O)COc1ccc(Cl)c2cccnc12.CCCC(C)C(Oc1ccc(Cl)c2c(C)ccnc12)C(=O)O. The number of unbranched alkanes of at least 4 members (excludes halogenated alkanes) is 1. The van der Waals surface area contributed by atoms with Crippen LogP contribution in [0.5, 0.6) is 11.5 Å². The molecular formula is C35H40Cl2N2O7. The monoisotopic (exact) mass is 670 g/mol. The van der Waals surface area contributed by atoms with Gasteiger partial charge >= 0.3 is 11.9 Å². The Kier molecular flexibility index (Phi) is 15.0. The van der Waals surface area contributed by atoms with Crippen LogP contribution in [-0.4, -0.2) is 59.5 Å². The van der Waals surface area contributed by atoms with E-state index < -0.39 is 18.0 Å². The lowest BCUT2D eigenvalue weighted by Crippen LogP contribution is -2.33. The molecule has 0 aliphatic heterocycles. The van der Waals surface area contributed by atoms with Gasteiger partial charge in [-0.25, -0.2) is 9.59 Å². The summed E-state index contributed by atoms with van der Waals surface area (Å²) in [5.41, 5.74) is 2.20. The largest absolute Gasteiger partial charge is 0.480 e. The average Bonchev–Trinajstić information content (AvgIpc) is 3.04. The summed E-state index contributed by atoms with van der Waals surface area (Å²) < 4.78 is 21.7. The summed E-state index contributed by atoms with van der Waals surface area (Å²) in [4.78, 5) is 31.8. The van der Waals surface area contributed by atoms with Gasteiger partial charge in [-0.3, -0.25) is 9.97 Å². The second-order valence-electron chi connectivity index (χ2n) is 10.6. The van der Waals surface area contributed by atoms with Crippen molar-refractivity contribution in [3.63, 3.8) is 0 Å². The maximum absolute atomic E-state index is 11.7. The van der Waals surface area contributed by atoms with E-state index in [9.17, 15) is 14.7 Å². The minimum atomic E-state index is -0.961. The summed E-state index contributed by atoms with van der Waals surface area (Å²) in [5.74, 6) is -0.501. The first-order valence-electron chi connectivity index (χ1n) is 15.1. The number of nitrogens with zero attached hydrogens (tertiary/aromatic N) is 2. The van der Waals surface area contributed by atoms with E-state index in [1.807, 2.05) is 32.9 Å². The van der Waals surface area contributed by atoms with Crippen molar-refractivity contribution in [2.75, 3.05) is 26.4 Å². The average molecular weight is 672 g/mol. The van der Waals surface area contributed by atoms with Crippen LogP contribution >= 0.6 is 23.2 Å². The summed E-state index contributed by atoms with van der Waals surface area (Å²) in [6.45, 7) is 10.8. The lowest BCUT2D eigenvalue weighted by Gasteiger charge is -2.22. The molecule has 4 aromatic rings. The topological polar surface area (TPSA) is 117 Å². The van der Waals surface area contributed by atoms with Crippen LogP contribution in [0.4, 0.5) is 0 Å². The van der Waals surface area contributed by atoms with Gasteiger partial charge < -0.3 is 24.1 Å². The number of pyridine rings is 2. The fourth-order valence-electron chi connectivity index (χ4n) is 4.67. The van der Waals surface area contributed by atoms with E-state index in [0.29, 0.717) is 52.4 Å². The number of aliphatic carboxylic acids is 1. The van der Waals surface area contributed by atoms with Gasteiger partial charge in [0.25, 0.3) is 0 Å². The Labute approximate surface area is 279 Å². The zero-order valence-electron chi connectivity index (χ0n) is 26.3. The Bertz CT molecular complexity index is 1610. The van der Waals surface area contributed by atoms with Gasteiger partial charge in [-0.05, 0) is 74.2 Å². The Morgan fingerprint density at radius 3 is 2.43 bits per heavy atom. The molecule has 1 N–H and O–H groups in total. The number of benzene rings is 2. The zero-order chi connectivity index (χ0) is 33.5. The van der Waals surface area contributed by atoms with Gasteiger partial charge in [0.2, 0.25) is 0 Å². The van der Waals surface area contributed by atoms with Crippen molar-refractivity contribution in [3.05, 3.63) is 83.1 Å². The molecule has 0 saturated heterocycles. The quantitative estimate of drug-likeness (QED) is 0.0714. The number of rotatable bonds is 16. The predicted molar refractivity (Wildman–Crippen MR) is 181 cm³/mol. The minimum absolute atomic E-state index is 0.0852. The van der Waals surface area contributed by atoms with Gasteiger partial charge in [0.05, 0.1) is 23.3 Å². The Balaban J connectivity index is 0.000000251. The molecule has 2 unspecified atom stereocenters. The van der Waals surface area contributed by atoms with Gasteiger partial charge in [-0.1, -0.05) is 49.5 Å². The molecule has 0 spiro atoms. The Morgan fingerprint density at radius 2 is 1.70 bits per heavy atom. The molecule has 11 heteroatoms. The van der Waals surface area contributed by atoms with Crippen LogP contribution < -0.4 is 9.47 Å². The summed E-state index contributed by atoms with van der Waals surface area (Å²) in [6.07, 6.45) is 7.40. The van der Waals surface area contributed by atoms with Crippen LogP contribution in [0.15, 0.2) is 67.5 Å². The summed E-state index contributed by atoms with van der Waals surface area (Å²) in [7, 11) is 0. The molecule has 2 atom stereocenters. The van der Waals surface area contributed by atoms with E-state index in [1.165, 1.54) is 0 Å². The highest BCUT2D eigenvalue weighted by molar-refractivity contribution is 6.36. The van der Waals surface area contributed by atoms with Crippen molar-refractivity contribution in [2.45, 2.75) is 52.6 Å². The first kappa shape index (κ1) is 36.5. The molecule has 0 radical (unpaired) electrons. The number of fused-ring (bicyclic) bond motifs is 2. The van der Waals surface area contributed by atoms with Crippen LogP contribution in [0.2, 0.25) is 10.0 Å². The van der Waals surface area contributed by atoms with E-state index in [4.69, 9.17) is 42.1 Å². The van der Waals surface area contributed by atoms with Crippen molar-refractivity contribution in [3.8, 4) is 11.5 Å². The number of aromatic nitrogens is 2. The normalized spacial score (nSPS) is 12.1. The van der Waals surface area contributed by atoms with Crippen molar-refractivity contribution in [1.82, 2.24) is 9.97 Å². The third-order valence-electron chi connectivity index (χ3n) is 6.98. The standard InChI is InChI=1S/C18H20ClNO4.C17H20ClNO3/c1-2-10-22-11-3-4-12-23-17(21)13-24-16-8-7-15(19)14-6-5-9-20-18(14)16;1-4-5-11(3)16(17(20)21)22-13-7-6-12(18)14-10(2)8-9-19-15(13)14/h2,5-9H,1,3-4,10-13H2;6-9,11,16H,4-5H2,1-3H3,(H,20,21). The summed E-state index contributed by atoms with van der Waals surface area (Å²) in [6, 6.07) is 12.3. The molecule has 0 fully saturated rings. The second-order valence-corrected chi connectivity index (χ2v) is 11.4. The number of hydrogen-bond acceptors (Lipinski definition) is 8. The smallest absolute Gasteiger partial charge is 0.345 e. The number of ether oxygens (including phenoxy) is 4. The number of carboxylic acids is 1. The van der Waals surface area contributed by atoms with Gasteiger partial charge in [-0.2, -0.15) is 0 Å². The van der Waals surface area contributed by atoms with E-state index in [-0.39, 0.29) is 12.5 Å². The zero-order valence-corrected chi connectivity index (χ0v) is 27.9. The predicted octanol–water partition coefficient (Wildman–Crippen LogP) is 8.26. The molecule has 46 heavy (non-hydrogen) atoms. The number of esters is 1. The fraction of sp³-hybridized carbons (Fsp3) is 0.371. The first-order chi connectivity index (χ1) is 22.2. The van der Waals surface area contributed by atoms with Crippen molar-refractivity contribution >= 4 is 56.9 Å². The van der Waals surface area contributed by atoms with Gasteiger partial charge in [0.15, 0.2) is 12.7 Å². The highest BCUT2D eigenvalue weighted by Gasteiger charge is 2.27. The molecule has 0 saturated carbocycles. The molecule has 246 valence electrons. The summed E-state index contributed by atoms with van der Waals surface area (Å²) in [5, 5.41) is 12.2. The van der Waals surface area contributed by atoms with Crippen LogP contribution in [0.1, 0.15) is 45.1 Å². The molecule has 0 aliphatic carbocycles. The maximum atomic E-state index is 11.7. The maximum Gasteiger partial charge on any atom is 0.345 e. The van der Waals surface area contributed by atoms with Crippen LogP contribution in [0.3, 0.4) is 0 Å². The molecule has 0 bridgehead atoms. The van der Waals surface area contributed by atoms with E-state index in [2.05, 4.69) is 16.5 Å². The first-order valence-corrected chi connectivity index (χ1v) is 15.9. The van der Waals surface area contributed by atoms with Crippen LogP contribution in [-0.2, 0) is 19.1 Å². The molecule has 2 aromatic carbocycles. The molecule has 0 amide bonds. The number of carbonyl (C=O) groups excluding carboxylic acids is 1. The highest BCUT2D eigenvalue weighted by Crippen LogP contribution is 2.33. The van der Waals surface area contributed by atoms with E-state index in [0.717, 1.165) is 42.0 Å². The van der Waals surface area contributed by atoms with Gasteiger partial charge in [0.1, 0.15) is 22.5 Å². The Morgan fingerprint density at radius 1 is 0.978 bits per heavy atom. The Hall–Kier alpha value is -3.92. The third-order valence-corrected chi connectivity index (χ3v) is 7.62. The number of carbonyl (C=O) groups is 2. The third kappa shape index (κ3) is 10.6. The lowest BCUT2D eigenvalue weighted by molar-refractivity contribution is -0.147. The van der Waals surface area contributed by atoms with Crippen molar-refractivity contribution < 1.29 is 33.6 Å². The molecule has 2 heterocycles. The summed E-state index contributed by atoms with van der Waals surface area (Å²) >= 11 is 12.4. The van der Waals surface area contributed by atoms with Gasteiger partial charge in [-0.15, -0.1) is 6.58 Å².